The summed E-state index contributed by atoms with van der Waals surface area (Å²) in [7, 11) is 1.48. The fourth-order valence-electron chi connectivity index (χ4n) is 1.96. The summed E-state index contributed by atoms with van der Waals surface area (Å²) >= 11 is 0. The van der Waals surface area contributed by atoms with Gasteiger partial charge in [0.25, 0.3) is 0 Å². The highest BCUT2D eigenvalue weighted by Gasteiger charge is 2.20. The third-order valence-electron chi connectivity index (χ3n) is 2.94. The number of aromatic nitrogens is 4. The fourth-order valence-corrected chi connectivity index (χ4v) is 1.96. The van der Waals surface area contributed by atoms with E-state index in [9.17, 15) is 17.6 Å². The van der Waals surface area contributed by atoms with Crippen molar-refractivity contribution in [3.8, 4) is 22.8 Å². The van der Waals surface area contributed by atoms with E-state index in [4.69, 9.17) is 0 Å². The first kappa shape index (κ1) is 12.5. The molecule has 2 N–H and O–H groups in total. The standard InChI is InChI=1S/C12H8F4N4/c1-20-8(12-10(16)6(14)4-18-12)2-7(19-20)11-9(15)5(13)3-17-11/h2-4,17-18H,1H3. The maximum Gasteiger partial charge on any atom is 0.186 e. The zero-order chi connectivity index (χ0) is 14.4. The molecule has 0 unspecified atom stereocenters. The Morgan fingerprint density at radius 1 is 0.950 bits per heavy atom. The van der Waals surface area contributed by atoms with Crippen LogP contribution in [0.25, 0.3) is 22.8 Å². The Morgan fingerprint density at radius 2 is 1.50 bits per heavy atom. The molecule has 0 saturated heterocycles. The molecule has 3 aromatic rings. The molecule has 0 spiro atoms. The molecule has 0 aliphatic heterocycles. The molecule has 4 nitrogen and oxygen atoms in total. The molecule has 0 fully saturated rings. The molecule has 0 aliphatic carbocycles. The lowest BCUT2D eigenvalue weighted by molar-refractivity contribution is 0.517. The summed E-state index contributed by atoms with van der Waals surface area (Å²) in [6.45, 7) is 0. The fraction of sp³-hybridized carbons (Fsp3) is 0.0833. The molecular weight excluding hydrogens is 276 g/mol. The van der Waals surface area contributed by atoms with Gasteiger partial charge in [0.2, 0.25) is 0 Å². The van der Waals surface area contributed by atoms with Crippen molar-refractivity contribution >= 4 is 0 Å². The maximum atomic E-state index is 13.5. The van der Waals surface area contributed by atoms with E-state index in [-0.39, 0.29) is 22.8 Å². The van der Waals surface area contributed by atoms with Crippen molar-refractivity contribution < 1.29 is 17.6 Å². The molecule has 0 amide bonds. The summed E-state index contributed by atoms with van der Waals surface area (Å²) in [6, 6.07) is 1.32. The predicted octanol–water partition coefficient (Wildman–Crippen LogP) is 2.97. The van der Waals surface area contributed by atoms with Gasteiger partial charge in [0, 0.05) is 19.4 Å². The van der Waals surface area contributed by atoms with Gasteiger partial charge in [0.15, 0.2) is 23.3 Å². The van der Waals surface area contributed by atoms with E-state index in [1.807, 2.05) is 0 Å². The van der Waals surface area contributed by atoms with Gasteiger partial charge in [-0.2, -0.15) is 5.10 Å². The van der Waals surface area contributed by atoms with Gasteiger partial charge in [0.1, 0.15) is 17.1 Å². The number of H-pyrrole nitrogens is 2. The van der Waals surface area contributed by atoms with Crippen molar-refractivity contribution in [2.45, 2.75) is 0 Å². The molecule has 0 saturated carbocycles. The number of nitrogens with zero attached hydrogens (tertiary/aromatic N) is 2. The summed E-state index contributed by atoms with van der Waals surface area (Å²) in [4.78, 5) is 4.82. The largest absolute Gasteiger partial charge is 0.355 e. The molecule has 20 heavy (non-hydrogen) atoms. The Kier molecular flexibility index (Phi) is 2.66. The van der Waals surface area contributed by atoms with Crippen molar-refractivity contribution in [1.29, 1.82) is 0 Å². The second kappa shape index (κ2) is 4.26. The number of aromatic amines is 2. The van der Waals surface area contributed by atoms with Crippen LogP contribution in [0.5, 0.6) is 0 Å². The zero-order valence-corrected chi connectivity index (χ0v) is 10.1. The van der Waals surface area contributed by atoms with E-state index in [0.29, 0.717) is 0 Å². The molecule has 0 bridgehead atoms. The minimum atomic E-state index is -1.08. The van der Waals surface area contributed by atoms with Crippen LogP contribution in [0.4, 0.5) is 17.6 Å². The van der Waals surface area contributed by atoms with Crippen LogP contribution >= 0.6 is 0 Å². The SMILES string of the molecule is Cn1nc(-c2[nH]cc(F)c2F)cc1-c1[nH]cc(F)c1F. The van der Waals surface area contributed by atoms with Crippen LogP contribution in [-0.4, -0.2) is 19.7 Å². The highest BCUT2D eigenvalue weighted by molar-refractivity contribution is 5.65. The first-order valence-corrected chi connectivity index (χ1v) is 5.58. The summed E-state index contributed by atoms with van der Waals surface area (Å²) in [5.74, 6) is -4.20. The van der Waals surface area contributed by atoms with Gasteiger partial charge in [-0.25, -0.2) is 17.6 Å². The maximum absolute atomic E-state index is 13.5. The van der Waals surface area contributed by atoms with Gasteiger partial charge in [-0.3, -0.25) is 4.68 Å². The van der Waals surface area contributed by atoms with Gasteiger partial charge < -0.3 is 9.97 Å². The first-order chi connectivity index (χ1) is 9.49. The van der Waals surface area contributed by atoms with Crippen molar-refractivity contribution in [2.75, 3.05) is 0 Å². The van der Waals surface area contributed by atoms with Gasteiger partial charge in [-0.15, -0.1) is 0 Å². The highest BCUT2D eigenvalue weighted by atomic mass is 19.2. The second-order valence-electron chi connectivity index (χ2n) is 4.19. The van der Waals surface area contributed by atoms with Crippen LogP contribution < -0.4 is 0 Å². The predicted molar refractivity (Wildman–Crippen MR) is 62.6 cm³/mol. The van der Waals surface area contributed by atoms with Crippen LogP contribution in [0.2, 0.25) is 0 Å². The summed E-state index contributed by atoms with van der Waals surface area (Å²) in [5.41, 5.74) is 0.0158. The van der Waals surface area contributed by atoms with E-state index in [1.165, 1.54) is 17.8 Å². The van der Waals surface area contributed by atoms with Gasteiger partial charge in [-0.1, -0.05) is 0 Å². The van der Waals surface area contributed by atoms with Crippen molar-refractivity contribution in [2.24, 2.45) is 7.05 Å². The van der Waals surface area contributed by atoms with Crippen molar-refractivity contribution in [3.05, 3.63) is 41.7 Å². The molecule has 3 aromatic heterocycles. The van der Waals surface area contributed by atoms with E-state index in [1.54, 1.807) is 0 Å². The number of nitrogens with one attached hydrogen (secondary N) is 2. The summed E-state index contributed by atoms with van der Waals surface area (Å²) in [6.07, 6.45) is 1.72. The summed E-state index contributed by atoms with van der Waals surface area (Å²) < 4.78 is 54.2. The van der Waals surface area contributed by atoms with E-state index < -0.39 is 23.3 Å². The lowest BCUT2D eigenvalue weighted by Gasteiger charge is -1.97. The number of rotatable bonds is 2. The van der Waals surface area contributed by atoms with Crippen LogP contribution in [0.1, 0.15) is 0 Å². The third-order valence-corrected chi connectivity index (χ3v) is 2.94. The highest BCUT2D eigenvalue weighted by Crippen LogP contribution is 2.28. The van der Waals surface area contributed by atoms with E-state index >= 15 is 0 Å². The lowest BCUT2D eigenvalue weighted by atomic mass is 10.2. The smallest absolute Gasteiger partial charge is 0.186 e. The number of halogens is 4. The molecule has 0 atom stereocenters. The Morgan fingerprint density at radius 3 is 2.00 bits per heavy atom. The van der Waals surface area contributed by atoms with Crippen LogP contribution in [-0.2, 0) is 7.05 Å². The first-order valence-electron chi connectivity index (χ1n) is 5.58. The topological polar surface area (TPSA) is 49.4 Å². The minimum absolute atomic E-state index is 0.0818. The Balaban J connectivity index is 2.12. The monoisotopic (exact) mass is 284 g/mol. The molecule has 3 heterocycles. The average molecular weight is 284 g/mol. The van der Waals surface area contributed by atoms with E-state index in [0.717, 1.165) is 12.4 Å². The van der Waals surface area contributed by atoms with Crippen LogP contribution in [0.3, 0.4) is 0 Å². The second-order valence-corrected chi connectivity index (χ2v) is 4.19. The van der Waals surface area contributed by atoms with Crippen LogP contribution in [0.15, 0.2) is 18.5 Å². The Hall–Kier alpha value is -2.51. The molecule has 3 rings (SSSR count). The van der Waals surface area contributed by atoms with Gasteiger partial charge >= 0.3 is 0 Å². The Bertz CT molecular complexity index is 784. The molecule has 8 heteroatoms. The lowest BCUT2D eigenvalue weighted by Crippen LogP contribution is -1.95. The average Bonchev–Trinajstić information content (AvgIpc) is 3.03. The molecule has 0 aromatic carbocycles. The Labute approximate surface area is 110 Å². The van der Waals surface area contributed by atoms with Crippen molar-refractivity contribution in [1.82, 2.24) is 19.7 Å². The van der Waals surface area contributed by atoms with Crippen molar-refractivity contribution in [3.63, 3.8) is 0 Å². The number of hydrogen-bond acceptors (Lipinski definition) is 1. The molecular formula is C12H8F4N4. The molecule has 104 valence electrons. The van der Waals surface area contributed by atoms with E-state index in [2.05, 4.69) is 15.1 Å². The van der Waals surface area contributed by atoms with Crippen LogP contribution in [0, 0.1) is 23.3 Å². The number of aryl methyl sites for hydroxylation is 1. The molecule has 0 aliphatic rings. The quantitative estimate of drug-likeness (QED) is 0.698. The number of hydrogen-bond donors (Lipinski definition) is 2. The summed E-state index contributed by atoms with van der Waals surface area (Å²) in [5, 5.41) is 3.95. The zero-order valence-electron chi connectivity index (χ0n) is 10.1. The molecule has 0 radical (unpaired) electrons. The minimum Gasteiger partial charge on any atom is -0.355 e. The third kappa shape index (κ3) is 1.72. The normalized spacial score (nSPS) is 11.2. The van der Waals surface area contributed by atoms with Gasteiger partial charge in [-0.05, 0) is 6.07 Å². The van der Waals surface area contributed by atoms with Gasteiger partial charge in [0.05, 0.1) is 5.69 Å².